The molecule has 0 bridgehead atoms. The summed E-state index contributed by atoms with van der Waals surface area (Å²) in [5.41, 5.74) is 3.55. The first kappa shape index (κ1) is 31.8. The number of hydrogen-bond acceptors (Lipinski definition) is 5. The molecular weight excluding hydrogens is 672 g/mol. The first-order valence-corrected chi connectivity index (χ1v) is 16.8. The largest absolute Gasteiger partial charge is 0.394 e. The number of fused-ring (bicyclic) bond motifs is 3. The van der Waals surface area contributed by atoms with Crippen molar-refractivity contribution in [1.82, 2.24) is 14.7 Å². The van der Waals surface area contributed by atoms with Gasteiger partial charge in [0.15, 0.2) is 5.60 Å². The second-order valence-corrected chi connectivity index (χ2v) is 13.5. The Bertz CT molecular complexity index is 2120. The highest BCUT2D eigenvalue weighted by molar-refractivity contribution is 9.10. The van der Waals surface area contributed by atoms with Gasteiger partial charge in [-0.05, 0) is 65.6 Å². The zero-order valence-electron chi connectivity index (χ0n) is 26.3. The van der Waals surface area contributed by atoms with Crippen LogP contribution in [0.3, 0.4) is 0 Å². The number of carbonyl (C=O) groups is 2. The Labute approximate surface area is 285 Å². The minimum absolute atomic E-state index is 0.0775. The standard InChI is InChI=1S/C38H35BrN4O5/c1-24(7-6-12-35(45)41-22-27-9-3-2-8-26(27)19-30(41)23-44)38(48)32-20-28(39)15-18-34(32)42(37(38)47)21-25-13-16-29(17-14-25)43-36(46)31-10-4-5-11-33(31)40-43/h2-11,13-18,20,24,30,40,44,48H,12,19,21-23H2,1H3/b7-6+/t24-,30-,38+/m0/s1. The Hall–Kier alpha value is -4.77. The molecule has 9 nitrogen and oxygen atoms in total. The van der Waals surface area contributed by atoms with Crippen molar-refractivity contribution in [2.24, 2.45) is 5.92 Å². The molecule has 3 N–H and O–H groups in total. The van der Waals surface area contributed by atoms with Crippen molar-refractivity contribution in [3.63, 3.8) is 0 Å². The third-order valence-electron chi connectivity index (χ3n) is 9.62. The summed E-state index contributed by atoms with van der Waals surface area (Å²) in [4.78, 5) is 43.6. The molecule has 0 unspecified atom stereocenters. The number of carbonyl (C=O) groups excluding carboxylic acids is 2. The highest BCUT2D eigenvalue weighted by Gasteiger charge is 2.52. The van der Waals surface area contributed by atoms with Crippen LogP contribution >= 0.6 is 15.9 Å². The number of halogens is 1. The minimum Gasteiger partial charge on any atom is -0.394 e. The van der Waals surface area contributed by atoms with Crippen molar-refractivity contribution < 1.29 is 19.8 Å². The summed E-state index contributed by atoms with van der Waals surface area (Å²) in [7, 11) is 0. The van der Waals surface area contributed by atoms with Gasteiger partial charge in [-0.3, -0.25) is 19.5 Å². The van der Waals surface area contributed by atoms with E-state index in [9.17, 15) is 24.6 Å². The molecule has 1 aromatic heterocycles. The van der Waals surface area contributed by atoms with Gasteiger partial charge in [0, 0.05) is 28.9 Å². The zero-order valence-corrected chi connectivity index (χ0v) is 27.9. The number of aliphatic hydroxyl groups excluding tert-OH is 1. The van der Waals surface area contributed by atoms with Crippen molar-refractivity contribution in [3.05, 3.63) is 140 Å². The summed E-state index contributed by atoms with van der Waals surface area (Å²) >= 11 is 3.50. The maximum Gasteiger partial charge on any atom is 0.279 e. The lowest BCUT2D eigenvalue weighted by Gasteiger charge is -2.36. The molecule has 0 spiro atoms. The van der Waals surface area contributed by atoms with E-state index < -0.39 is 17.4 Å². The summed E-state index contributed by atoms with van der Waals surface area (Å²) in [6.45, 7) is 2.29. The molecule has 0 saturated heterocycles. The fraction of sp³-hybridized carbons (Fsp3) is 0.237. The van der Waals surface area contributed by atoms with Crippen LogP contribution in [-0.2, 0) is 34.7 Å². The van der Waals surface area contributed by atoms with Crippen LogP contribution in [0.4, 0.5) is 5.69 Å². The lowest BCUT2D eigenvalue weighted by atomic mass is 9.83. The van der Waals surface area contributed by atoms with E-state index in [2.05, 4.69) is 21.0 Å². The summed E-state index contributed by atoms with van der Waals surface area (Å²) in [6, 6.07) is 27.8. The average molecular weight is 708 g/mol. The first-order valence-electron chi connectivity index (χ1n) is 16.0. The van der Waals surface area contributed by atoms with E-state index in [1.54, 1.807) is 41.0 Å². The number of benzene rings is 4. The summed E-state index contributed by atoms with van der Waals surface area (Å²) < 4.78 is 2.22. The van der Waals surface area contributed by atoms with Crippen LogP contribution in [0.15, 0.2) is 112 Å². The van der Waals surface area contributed by atoms with Crippen molar-refractivity contribution in [2.75, 3.05) is 11.5 Å². The maximum atomic E-state index is 14.1. The van der Waals surface area contributed by atoms with Gasteiger partial charge in [-0.2, -0.15) is 0 Å². The predicted octanol–water partition coefficient (Wildman–Crippen LogP) is 5.34. The number of hydrogen-bond donors (Lipinski definition) is 3. The Morgan fingerprint density at radius 1 is 1.02 bits per heavy atom. The molecule has 0 radical (unpaired) electrons. The molecule has 0 aliphatic carbocycles. The highest BCUT2D eigenvalue weighted by Crippen LogP contribution is 2.46. The van der Waals surface area contributed by atoms with Crippen LogP contribution in [0, 0.1) is 5.92 Å². The molecule has 5 aromatic rings. The van der Waals surface area contributed by atoms with Crippen LogP contribution in [0.1, 0.15) is 35.6 Å². The smallest absolute Gasteiger partial charge is 0.279 e. The number of anilines is 1. The van der Waals surface area contributed by atoms with E-state index in [1.165, 1.54) is 4.68 Å². The SMILES string of the molecule is C[C@@H](/C=C/CC(=O)N1Cc2ccccc2C[C@H]1CO)[C@]1(O)C(=O)N(Cc2ccc(-n3[nH]c4ccccc4c3=O)cc2)c2ccc(Br)cc21. The van der Waals surface area contributed by atoms with Crippen molar-refractivity contribution in [2.45, 2.75) is 44.5 Å². The topological polar surface area (TPSA) is 119 Å². The number of amides is 2. The fourth-order valence-electron chi connectivity index (χ4n) is 6.92. The minimum atomic E-state index is -1.85. The number of aromatic nitrogens is 2. The molecule has 3 heterocycles. The molecule has 2 aliphatic heterocycles. The molecule has 2 amide bonds. The van der Waals surface area contributed by atoms with Crippen LogP contribution in [0.2, 0.25) is 0 Å². The molecule has 7 rings (SSSR count). The highest BCUT2D eigenvalue weighted by atomic mass is 79.9. The van der Waals surface area contributed by atoms with Crippen LogP contribution in [-0.4, -0.2) is 49.4 Å². The summed E-state index contributed by atoms with van der Waals surface area (Å²) in [5.74, 6) is -1.23. The third-order valence-corrected chi connectivity index (χ3v) is 10.1. The number of nitrogens with one attached hydrogen (secondary N) is 1. The van der Waals surface area contributed by atoms with E-state index in [1.807, 2.05) is 78.9 Å². The summed E-state index contributed by atoms with van der Waals surface area (Å²) in [5, 5.41) is 25.9. The maximum absolute atomic E-state index is 14.1. The summed E-state index contributed by atoms with van der Waals surface area (Å²) in [6.07, 6.45) is 4.10. The van der Waals surface area contributed by atoms with E-state index in [0.717, 1.165) is 26.7 Å². The molecule has 10 heteroatoms. The molecule has 48 heavy (non-hydrogen) atoms. The van der Waals surface area contributed by atoms with E-state index in [-0.39, 0.29) is 37.1 Å². The zero-order chi connectivity index (χ0) is 33.6. The van der Waals surface area contributed by atoms with Gasteiger partial charge < -0.3 is 20.0 Å². The average Bonchev–Trinajstić information content (AvgIpc) is 3.55. The molecule has 2 aliphatic rings. The molecular formula is C38H35BrN4O5. The normalized spacial score (nSPS) is 19.6. The Morgan fingerprint density at radius 2 is 1.75 bits per heavy atom. The van der Waals surface area contributed by atoms with E-state index in [0.29, 0.717) is 35.3 Å². The molecule has 4 aromatic carbocycles. The van der Waals surface area contributed by atoms with E-state index in [4.69, 9.17) is 0 Å². The van der Waals surface area contributed by atoms with Crippen molar-refractivity contribution >= 4 is 44.3 Å². The fourth-order valence-corrected chi connectivity index (χ4v) is 7.28. The Balaban J connectivity index is 1.09. The second-order valence-electron chi connectivity index (χ2n) is 12.5. The number of para-hydroxylation sites is 1. The molecule has 0 saturated carbocycles. The van der Waals surface area contributed by atoms with Gasteiger partial charge >= 0.3 is 0 Å². The Kier molecular flexibility index (Phi) is 8.41. The number of aromatic amines is 1. The van der Waals surface area contributed by atoms with Crippen LogP contribution < -0.4 is 10.5 Å². The number of aliphatic hydroxyl groups is 2. The third kappa shape index (κ3) is 5.49. The van der Waals surface area contributed by atoms with Gasteiger partial charge in [0.1, 0.15) is 0 Å². The molecule has 3 atom stereocenters. The van der Waals surface area contributed by atoms with Gasteiger partial charge in [-0.1, -0.05) is 83.5 Å². The number of rotatable bonds is 8. The number of nitrogens with zero attached hydrogens (tertiary/aromatic N) is 3. The van der Waals surface area contributed by atoms with Crippen molar-refractivity contribution in [3.8, 4) is 5.69 Å². The lowest BCUT2D eigenvalue weighted by Crippen LogP contribution is -2.46. The van der Waals surface area contributed by atoms with Crippen molar-refractivity contribution in [1.29, 1.82) is 0 Å². The van der Waals surface area contributed by atoms with Gasteiger partial charge in [0.05, 0.1) is 41.5 Å². The number of H-pyrrole nitrogens is 1. The molecule has 244 valence electrons. The van der Waals surface area contributed by atoms with Crippen LogP contribution in [0.5, 0.6) is 0 Å². The monoisotopic (exact) mass is 706 g/mol. The lowest BCUT2D eigenvalue weighted by molar-refractivity contribution is -0.139. The quantitative estimate of drug-likeness (QED) is 0.188. The predicted molar refractivity (Wildman–Crippen MR) is 188 cm³/mol. The van der Waals surface area contributed by atoms with E-state index >= 15 is 0 Å². The Morgan fingerprint density at radius 3 is 2.50 bits per heavy atom. The first-order chi connectivity index (χ1) is 23.2. The van der Waals surface area contributed by atoms with Gasteiger partial charge in [0.25, 0.3) is 11.5 Å². The van der Waals surface area contributed by atoms with Gasteiger partial charge in [-0.15, -0.1) is 0 Å². The van der Waals surface area contributed by atoms with Gasteiger partial charge in [-0.25, -0.2) is 4.68 Å². The molecule has 0 fully saturated rings. The van der Waals surface area contributed by atoms with Crippen LogP contribution in [0.25, 0.3) is 16.6 Å². The second kappa shape index (κ2) is 12.7. The van der Waals surface area contributed by atoms with Gasteiger partial charge in [0.2, 0.25) is 5.91 Å².